The van der Waals surface area contributed by atoms with Gasteiger partial charge in [-0.15, -0.1) is 0 Å². The molecule has 27 heavy (non-hydrogen) atoms. The average Bonchev–Trinajstić information content (AvgIpc) is 3.04. The maximum absolute atomic E-state index is 12.5. The highest BCUT2D eigenvalue weighted by atomic mass is 16.5. The smallest absolute Gasteiger partial charge is 0.227 e. The number of morpholine rings is 1. The van der Waals surface area contributed by atoms with Gasteiger partial charge >= 0.3 is 0 Å². The van der Waals surface area contributed by atoms with E-state index < -0.39 is 0 Å². The lowest BCUT2D eigenvalue weighted by Crippen LogP contribution is -2.42. The van der Waals surface area contributed by atoms with Crippen molar-refractivity contribution in [3.8, 4) is 0 Å². The van der Waals surface area contributed by atoms with Crippen molar-refractivity contribution in [2.24, 2.45) is 5.92 Å². The number of hydrogen-bond acceptors (Lipinski definition) is 4. The van der Waals surface area contributed by atoms with Crippen molar-refractivity contribution >= 4 is 17.5 Å². The number of carbonyl (C=O) groups is 2. The van der Waals surface area contributed by atoms with Crippen LogP contribution >= 0.6 is 0 Å². The second-order valence-electron chi connectivity index (χ2n) is 8.45. The predicted molar refractivity (Wildman–Crippen MR) is 106 cm³/mol. The third-order valence-corrected chi connectivity index (χ3v) is 5.37. The summed E-state index contributed by atoms with van der Waals surface area (Å²) in [6.45, 7) is 11.7. The lowest BCUT2D eigenvalue weighted by Gasteiger charge is -2.26. The molecule has 6 heteroatoms. The van der Waals surface area contributed by atoms with Crippen LogP contribution in [-0.2, 0) is 19.7 Å². The quantitative estimate of drug-likeness (QED) is 0.855. The molecule has 0 radical (unpaired) electrons. The van der Waals surface area contributed by atoms with Gasteiger partial charge in [0, 0.05) is 44.8 Å². The van der Waals surface area contributed by atoms with Gasteiger partial charge in [0.25, 0.3) is 0 Å². The number of rotatable bonds is 5. The topological polar surface area (TPSA) is 61.9 Å². The van der Waals surface area contributed by atoms with E-state index in [1.165, 1.54) is 5.56 Å². The van der Waals surface area contributed by atoms with Crippen LogP contribution in [0, 0.1) is 5.92 Å². The van der Waals surface area contributed by atoms with E-state index in [9.17, 15) is 9.59 Å². The number of anilines is 1. The van der Waals surface area contributed by atoms with Crippen LogP contribution in [0.25, 0.3) is 0 Å². The van der Waals surface area contributed by atoms with Crippen LogP contribution in [0.2, 0.25) is 0 Å². The molecular formula is C21H31N3O3. The van der Waals surface area contributed by atoms with E-state index in [4.69, 9.17) is 4.74 Å². The monoisotopic (exact) mass is 373 g/mol. The van der Waals surface area contributed by atoms with E-state index >= 15 is 0 Å². The van der Waals surface area contributed by atoms with E-state index in [-0.39, 0.29) is 29.6 Å². The zero-order valence-corrected chi connectivity index (χ0v) is 16.7. The Morgan fingerprint density at radius 1 is 1.19 bits per heavy atom. The number of amides is 2. The van der Waals surface area contributed by atoms with E-state index in [1.54, 1.807) is 4.90 Å². The van der Waals surface area contributed by atoms with Crippen LogP contribution < -0.4 is 10.2 Å². The van der Waals surface area contributed by atoms with Crippen LogP contribution in [0.4, 0.5) is 5.69 Å². The molecule has 1 atom stereocenters. The molecule has 1 aromatic rings. The fraction of sp³-hybridized carbons (Fsp3) is 0.619. The van der Waals surface area contributed by atoms with Gasteiger partial charge in [0.1, 0.15) is 0 Å². The zero-order chi connectivity index (χ0) is 19.4. The van der Waals surface area contributed by atoms with Crippen molar-refractivity contribution in [3.63, 3.8) is 0 Å². The molecule has 0 spiro atoms. The minimum absolute atomic E-state index is 0.0202. The third-order valence-electron chi connectivity index (χ3n) is 5.37. The molecule has 1 N–H and O–H groups in total. The van der Waals surface area contributed by atoms with Crippen molar-refractivity contribution in [3.05, 3.63) is 29.8 Å². The molecule has 2 heterocycles. The first-order chi connectivity index (χ1) is 12.8. The molecule has 0 aromatic heterocycles. The first-order valence-corrected chi connectivity index (χ1v) is 9.83. The Bertz CT molecular complexity index is 660. The normalized spacial score (nSPS) is 21.5. The molecular weight excluding hydrogens is 342 g/mol. The van der Waals surface area contributed by atoms with Crippen LogP contribution in [0.15, 0.2) is 24.3 Å². The molecule has 3 rings (SSSR count). The number of hydrogen-bond donors (Lipinski definition) is 1. The van der Waals surface area contributed by atoms with Crippen LogP contribution in [0.3, 0.4) is 0 Å². The largest absolute Gasteiger partial charge is 0.379 e. The Morgan fingerprint density at radius 3 is 2.48 bits per heavy atom. The van der Waals surface area contributed by atoms with Crippen molar-refractivity contribution in [2.75, 3.05) is 50.8 Å². The summed E-state index contributed by atoms with van der Waals surface area (Å²) in [7, 11) is 0. The van der Waals surface area contributed by atoms with Gasteiger partial charge < -0.3 is 15.0 Å². The van der Waals surface area contributed by atoms with Gasteiger partial charge in [-0.2, -0.15) is 0 Å². The van der Waals surface area contributed by atoms with Gasteiger partial charge in [-0.1, -0.05) is 32.9 Å². The number of nitrogens with one attached hydrogen (secondary N) is 1. The van der Waals surface area contributed by atoms with Crippen LogP contribution in [0.1, 0.15) is 32.8 Å². The van der Waals surface area contributed by atoms with Crippen molar-refractivity contribution in [1.29, 1.82) is 0 Å². The molecule has 2 aliphatic heterocycles. The second-order valence-corrected chi connectivity index (χ2v) is 8.45. The summed E-state index contributed by atoms with van der Waals surface area (Å²) in [4.78, 5) is 28.9. The maximum Gasteiger partial charge on any atom is 0.227 e. The predicted octanol–water partition coefficient (Wildman–Crippen LogP) is 1.79. The Kier molecular flexibility index (Phi) is 6.17. The molecule has 2 aliphatic rings. The standard InChI is InChI=1S/C21H31N3O3/c1-21(2,3)17-4-6-18(7-5-17)24-15-16(14-19(24)25)20(26)22-8-9-23-10-12-27-13-11-23/h4-7,16H,8-15H2,1-3H3,(H,22,26). The summed E-state index contributed by atoms with van der Waals surface area (Å²) in [5.74, 6) is -0.276. The second kappa shape index (κ2) is 8.40. The molecule has 6 nitrogen and oxygen atoms in total. The molecule has 0 saturated carbocycles. The summed E-state index contributed by atoms with van der Waals surface area (Å²) in [5.41, 5.74) is 2.18. The Balaban J connectivity index is 1.51. The third kappa shape index (κ3) is 5.08. The number of nitrogens with zero attached hydrogens (tertiary/aromatic N) is 2. The van der Waals surface area contributed by atoms with Crippen molar-refractivity contribution in [2.45, 2.75) is 32.6 Å². The lowest BCUT2D eigenvalue weighted by atomic mass is 9.87. The Morgan fingerprint density at radius 2 is 1.85 bits per heavy atom. The molecule has 2 amide bonds. The Hall–Kier alpha value is -1.92. The highest BCUT2D eigenvalue weighted by molar-refractivity contribution is 6.00. The molecule has 1 aromatic carbocycles. The molecule has 0 aliphatic carbocycles. The molecule has 148 valence electrons. The van der Waals surface area contributed by atoms with Gasteiger partial charge in [0.15, 0.2) is 0 Å². The number of ether oxygens (including phenoxy) is 1. The van der Waals surface area contributed by atoms with Gasteiger partial charge in [-0.3, -0.25) is 14.5 Å². The zero-order valence-electron chi connectivity index (χ0n) is 16.7. The van der Waals surface area contributed by atoms with Crippen molar-refractivity contribution < 1.29 is 14.3 Å². The van der Waals surface area contributed by atoms with E-state index in [1.807, 2.05) is 12.1 Å². The summed E-state index contributed by atoms with van der Waals surface area (Å²) < 4.78 is 5.33. The molecule has 2 fully saturated rings. The van der Waals surface area contributed by atoms with E-state index in [0.717, 1.165) is 38.5 Å². The molecule has 1 unspecified atom stereocenters. The summed E-state index contributed by atoms with van der Waals surface area (Å²) in [6, 6.07) is 8.10. The lowest BCUT2D eigenvalue weighted by molar-refractivity contribution is -0.126. The SMILES string of the molecule is CC(C)(C)c1ccc(N2CC(C(=O)NCCN3CCOCC3)CC2=O)cc1. The van der Waals surface area contributed by atoms with Gasteiger partial charge in [-0.05, 0) is 23.1 Å². The molecule has 2 saturated heterocycles. The van der Waals surface area contributed by atoms with Gasteiger partial charge in [0.05, 0.1) is 19.1 Å². The number of carbonyl (C=O) groups excluding carboxylic acids is 2. The van der Waals surface area contributed by atoms with Gasteiger partial charge in [0.2, 0.25) is 11.8 Å². The minimum atomic E-state index is -0.274. The average molecular weight is 373 g/mol. The van der Waals surface area contributed by atoms with E-state index in [2.05, 4.69) is 43.1 Å². The highest BCUT2D eigenvalue weighted by Crippen LogP contribution is 2.28. The van der Waals surface area contributed by atoms with Gasteiger partial charge in [-0.25, -0.2) is 0 Å². The fourth-order valence-electron chi connectivity index (χ4n) is 3.58. The minimum Gasteiger partial charge on any atom is -0.379 e. The summed E-state index contributed by atoms with van der Waals surface area (Å²) >= 11 is 0. The maximum atomic E-state index is 12.5. The van der Waals surface area contributed by atoms with Crippen LogP contribution in [-0.4, -0.2) is 62.7 Å². The molecule has 0 bridgehead atoms. The van der Waals surface area contributed by atoms with Crippen LogP contribution in [0.5, 0.6) is 0 Å². The summed E-state index contributed by atoms with van der Waals surface area (Å²) in [6.07, 6.45) is 0.282. The first-order valence-electron chi connectivity index (χ1n) is 9.83. The highest BCUT2D eigenvalue weighted by Gasteiger charge is 2.35. The number of benzene rings is 1. The van der Waals surface area contributed by atoms with E-state index in [0.29, 0.717) is 13.1 Å². The fourth-order valence-corrected chi connectivity index (χ4v) is 3.58. The summed E-state index contributed by atoms with van der Waals surface area (Å²) in [5, 5.41) is 2.99. The van der Waals surface area contributed by atoms with Crippen molar-refractivity contribution in [1.82, 2.24) is 10.2 Å². The Labute approximate surface area is 161 Å². The first kappa shape index (κ1) is 19.8.